The summed E-state index contributed by atoms with van der Waals surface area (Å²) in [7, 11) is 0. The predicted octanol–water partition coefficient (Wildman–Crippen LogP) is 2.51. The number of halogens is 1. The molecule has 0 radical (unpaired) electrons. The first kappa shape index (κ1) is 11.6. The highest BCUT2D eigenvalue weighted by molar-refractivity contribution is 5.92. The van der Waals surface area contributed by atoms with E-state index in [1.54, 1.807) is 16.8 Å². The summed E-state index contributed by atoms with van der Waals surface area (Å²) in [4.78, 5) is 3.85. The van der Waals surface area contributed by atoms with E-state index < -0.39 is 5.95 Å². The van der Waals surface area contributed by atoms with Crippen LogP contribution >= 0.6 is 0 Å². The topological polar surface area (TPSA) is 56.7 Å². The van der Waals surface area contributed by atoms with E-state index in [1.165, 1.54) is 6.07 Å². The number of rotatable bonds is 2. The summed E-state index contributed by atoms with van der Waals surface area (Å²) >= 11 is 0. The first-order valence-electron chi connectivity index (χ1n) is 5.98. The Kier molecular flexibility index (Phi) is 2.67. The molecule has 0 unspecified atom stereocenters. The van der Waals surface area contributed by atoms with Gasteiger partial charge < -0.3 is 5.73 Å². The zero-order valence-corrected chi connectivity index (χ0v) is 10.5. The van der Waals surface area contributed by atoms with E-state index in [-0.39, 0.29) is 0 Å². The van der Waals surface area contributed by atoms with Gasteiger partial charge in [-0.2, -0.15) is 9.49 Å². The van der Waals surface area contributed by atoms with Crippen molar-refractivity contribution in [1.29, 1.82) is 0 Å². The second-order valence-corrected chi connectivity index (χ2v) is 4.44. The van der Waals surface area contributed by atoms with Gasteiger partial charge in [0.05, 0.1) is 23.4 Å². The highest BCUT2D eigenvalue weighted by Gasteiger charge is 2.10. The molecule has 0 atom stereocenters. The fourth-order valence-corrected chi connectivity index (χ4v) is 2.26. The Morgan fingerprint density at radius 1 is 1.21 bits per heavy atom. The molecule has 0 bridgehead atoms. The molecule has 2 N–H and O–H groups in total. The third-order valence-electron chi connectivity index (χ3n) is 3.07. The molecule has 0 amide bonds. The summed E-state index contributed by atoms with van der Waals surface area (Å²) in [6, 6.07) is 10.4. The Morgan fingerprint density at radius 2 is 2.00 bits per heavy atom. The van der Waals surface area contributed by atoms with Gasteiger partial charge in [-0.15, -0.1) is 0 Å². The third-order valence-corrected chi connectivity index (χ3v) is 3.07. The molecular formula is C14H13FN4. The third kappa shape index (κ3) is 2.03. The van der Waals surface area contributed by atoms with Crippen molar-refractivity contribution in [2.24, 2.45) is 0 Å². The predicted molar refractivity (Wildman–Crippen MR) is 72.2 cm³/mol. The Morgan fingerprint density at radius 3 is 2.79 bits per heavy atom. The van der Waals surface area contributed by atoms with Crippen molar-refractivity contribution in [3.63, 3.8) is 0 Å². The van der Waals surface area contributed by atoms with Crippen molar-refractivity contribution >= 4 is 16.6 Å². The quantitative estimate of drug-likeness (QED) is 0.566. The summed E-state index contributed by atoms with van der Waals surface area (Å²) in [6.07, 6.45) is 0. The van der Waals surface area contributed by atoms with Gasteiger partial charge in [-0.3, -0.25) is 4.68 Å². The van der Waals surface area contributed by atoms with Crippen LogP contribution in [0.1, 0.15) is 11.4 Å². The van der Waals surface area contributed by atoms with Crippen molar-refractivity contribution in [3.05, 3.63) is 53.7 Å². The van der Waals surface area contributed by atoms with E-state index in [0.29, 0.717) is 17.9 Å². The van der Waals surface area contributed by atoms with E-state index >= 15 is 0 Å². The number of benzene rings is 1. The smallest absolute Gasteiger partial charge is 0.213 e. The van der Waals surface area contributed by atoms with Gasteiger partial charge in [0.1, 0.15) is 0 Å². The SMILES string of the molecule is Cc1nn(Cc2cccc(F)n2)c2cccc(N)c12. The summed E-state index contributed by atoms with van der Waals surface area (Å²) < 4.78 is 14.9. The Bertz CT molecular complexity index is 748. The number of nitrogens with zero attached hydrogens (tertiary/aromatic N) is 3. The molecule has 1 aromatic carbocycles. The number of fused-ring (bicyclic) bond motifs is 1. The molecule has 5 heteroatoms. The molecule has 2 heterocycles. The second kappa shape index (κ2) is 4.35. The molecule has 0 aliphatic heterocycles. The summed E-state index contributed by atoms with van der Waals surface area (Å²) in [5.74, 6) is -0.481. The molecule has 2 aromatic heterocycles. The summed E-state index contributed by atoms with van der Waals surface area (Å²) in [6.45, 7) is 2.33. The number of pyridine rings is 1. The molecule has 19 heavy (non-hydrogen) atoms. The molecule has 0 spiro atoms. The maximum Gasteiger partial charge on any atom is 0.213 e. The molecule has 0 aliphatic carbocycles. The summed E-state index contributed by atoms with van der Waals surface area (Å²) in [5.41, 5.74) is 9.09. The van der Waals surface area contributed by atoms with Gasteiger partial charge in [0.15, 0.2) is 0 Å². The van der Waals surface area contributed by atoms with E-state index in [4.69, 9.17) is 5.73 Å². The first-order chi connectivity index (χ1) is 9.15. The first-order valence-corrected chi connectivity index (χ1v) is 5.98. The Labute approximate surface area is 109 Å². The van der Waals surface area contributed by atoms with Crippen LogP contribution in [0.5, 0.6) is 0 Å². The number of hydrogen-bond donors (Lipinski definition) is 1. The number of nitrogens with two attached hydrogens (primary N) is 1. The van der Waals surface area contributed by atoms with Crippen LogP contribution in [0.4, 0.5) is 10.1 Å². The van der Waals surface area contributed by atoms with Crippen LogP contribution in [-0.2, 0) is 6.54 Å². The van der Waals surface area contributed by atoms with Crippen LogP contribution in [0.3, 0.4) is 0 Å². The minimum atomic E-state index is -0.481. The van der Waals surface area contributed by atoms with Gasteiger partial charge >= 0.3 is 0 Å². The van der Waals surface area contributed by atoms with Crippen molar-refractivity contribution in [2.75, 3.05) is 5.73 Å². The van der Waals surface area contributed by atoms with Crippen LogP contribution in [0, 0.1) is 12.9 Å². The van der Waals surface area contributed by atoms with E-state index in [9.17, 15) is 4.39 Å². The van der Waals surface area contributed by atoms with Crippen LogP contribution < -0.4 is 5.73 Å². The lowest BCUT2D eigenvalue weighted by atomic mass is 10.2. The van der Waals surface area contributed by atoms with E-state index in [0.717, 1.165) is 16.6 Å². The average Bonchev–Trinajstić information content (AvgIpc) is 2.68. The van der Waals surface area contributed by atoms with Crippen molar-refractivity contribution in [3.8, 4) is 0 Å². The Hall–Kier alpha value is -2.43. The number of hydrogen-bond acceptors (Lipinski definition) is 3. The van der Waals surface area contributed by atoms with Gasteiger partial charge in [-0.25, -0.2) is 4.98 Å². The Balaban J connectivity index is 2.09. The van der Waals surface area contributed by atoms with Gasteiger partial charge in [0.2, 0.25) is 5.95 Å². The molecule has 0 saturated carbocycles. The van der Waals surface area contributed by atoms with Crippen molar-refractivity contribution in [1.82, 2.24) is 14.8 Å². The lowest BCUT2D eigenvalue weighted by Crippen LogP contribution is -2.04. The lowest BCUT2D eigenvalue weighted by Gasteiger charge is -2.03. The monoisotopic (exact) mass is 256 g/mol. The fourth-order valence-electron chi connectivity index (χ4n) is 2.26. The fraction of sp³-hybridized carbons (Fsp3) is 0.143. The van der Waals surface area contributed by atoms with Crippen LogP contribution in [0.25, 0.3) is 10.9 Å². The van der Waals surface area contributed by atoms with Gasteiger partial charge in [0.25, 0.3) is 0 Å². The van der Waals surface area contributed by atoms with Crippen molar-refractivity contribution < 1.29 is 4.39 Å². The number of anilines is 1. The van der Waals surface area contributed by atoms with Gasteiger partial charge in [-0.1, -0.05) is 12.1 Å². The molecule has 3 rings (SSSR count). The van der Waals surface area contributed by atoms with E-state index in [1.807, 2.05) is 25.1 Å². The largest absolute Gasteiger partial charge is 0.398 e. The second-order valence-electron chi connectivity index (χ2n) is 4.44. The molecule has 96 valence electrons. The summed E-state index contributed by atoms with van der Waals surface area (Å²) in [5, 5.41) is 5.39. The molecule has 0 aliphatic rings. The van der Waals surface area contributed by atoms with Gasteiger partial charge in [-0.05, 0) is 31.2 Å². The van der Waals surface area contributed by atoms with Crippen LogP contribution in [0.2, 0.25) is 0 Å². The molecule has 4 nitrogen and oxygen atoms in total. The number of aryl methyl sites for hydroxylation is 1. The standard InChI is InChI=1S/C14H13FN4/c1-9-14-11(16)5-3-6-12(14)19(18-9)8-10-4-2-7-13(15)17-10/h2-7H,8,16H2,1H3. The van der Waals surface area contributed by atoms with Crippen LogP contribution in [-0.4, -0.2) is 14.8 Å². The highest BCUT2D eigenvalue weighted by Crippen LogP contribution is 2.24. The zero-order valence-electron chi connectivity index (χ0n) is 10.5. The minimum absolute atomic E-state index is 0.422. The normalized spacial score (nSPS) is 11.1. The molecule has 0 saturated heterocycles. The zero-order chi connectivity index (χ0) is 13.4. The molecule has 3 aromatic rings. The maximum atomic E-state index is 13.1. The number of aromatic nitrogens is 3. The van der Waals surface area contributed by atoms with Crippen LogP contribution in [0.15, 0.2) is 36.4 Å². The molecular weight excluding hydrogens is 243 g/mol. The molecule has 0 fully saturated rings. The minimum Gasteiger partial charge on any atom is -0.398 e. The maximum absolute atomic E-state index is 13.1. The van der Waals surface area contributed by atoms with E-state index in [2.05, 4.69) is 10.1 Å². The number of nitrogen functional groups attached to an aromatic ring is 1. The average molecular weight is 256 g/mol. The van der Waals surface area contributed by atoms with Crippen molar-refractivity contribution in [2.45, 2.75) is 13.5 Å². The highest BCUT2D eigenvalue weighted by atomic mass is 19.1. The van der Waals surface area contributed by atoms with Gasteiger partial charge in [0, 0.05) is 11.1 Å². The lowest BCUT2D eigenvalue weighted by molar-refractivity contribution is 0.568.